The van der Waals surface area contributed by atoms with Gasteiger partial charge in [-0.05, 0) is 30.3 Å². The van der Waals surface area contributed by atoms with Crippen LogP contribution in [-0.4, -0.2) is 24.1 Å². The van der Waals surface area contributed by atoms with E-state index in [-0.39, 0.29) is 17.1 Å². The Balaban J connectivity index is 1.93. The second-order valence-corrected chi connectivity index (χ2v) is 6.56. The molecule has 0 radical (unpaired) electrons. The predicted molar refractivity (Wildman–Crippen MR) is 93.4 cm³/mol. The summed E-state index contributed by atoms with van der Waals surface area (Å²) >= 11 is 3.61. The van der Waals surface area contributed by atoms with E-state index >= 15 is 0 Å². The summed E-state index contributed by atoms with van der Waals surface area (Å²) in [6, 6.07) is 13.0. The molecule has 2 N–H and O–H groups in total. The Kier molecular flexibility index (Phi) is 6.74. The molecule has 0 heterocycles. The van der Waals surface area contributed by atoms with E-state index in [0.29, 0.717) is 17.3 Å². The van der Waals surface area contributed by atoms with E-state index in [0.717, 1.165) is 4.47 Å². The number of carbonyl (C=O) groups is 2. The fourth-order valence-corrected chi connectivity index (χ4v) is 2.85. The molecule has 8 heteroatoms. The predicted octanol–water partition coefficient (Wildman–Crippen LogP) is 4.13. The number of carbonyl (C=O) groups excluding carboxylic acids is 2. The van der Waals surface area contributed by atoms with Crippen molar-refractivity contribution in [1.29, 1.82) is 0 Å². The first-order valence-electron chi connectivity index (χ1n) is 6.83. The van der Waals surface area contributed by atoms with Gasteiger partial charge in [0.2, 0.25) is 5.91 Å². The number of amides is 2. The molecule has 2 amide bonds. The van der Waals surface area contributed by atoms with Gasteiger partial charge in [0.25, 0.3) is 11.7 Å². The third-order valence-electron chi connectivity index (χ3n) is 2.87. The lowest BCUT2D eigenvalue weighted by Gasteiger charge is -2.11. The quantitative estimate of drug-likeness (QED) is 0.698. The number of hydrogen-bond donors (Lipinski definition) is 2. The number of alkyl halides is 2. The minimum Gasteiger partial charge on any atom is -0.343 e. The van der Waals surface area contributed by atoms with Gasteiger partial charge in [0.15, 0.2) is 0 Å². The standard InChI is InChI=1S/C16H13BrF2N2O2S/c17-11-5-3-4-10(8-11)15(23)20-9-14(22)21-12-6-1-2-7-13(12)24-16(18)19/h1-8,16H,9H2,(H,20,23)(H,21,22). The van der Waals surface area contributed by atoms with Gasteiger partial charge in [-0.25, -0.2) is 0 Å². The van der Waals surface area contributed by atoms with Crippen molar-refractivity contribution in [2.24, 2.45) is 0 Å². The second-order valence-electron chi connectivity index (χ2n) is 4.62. The zero-order chi connectivity index (χ0) is 17.5. The van der Waals surface area contributed by atoms with E-state index in [2.05, 4.69) is 26.6 Å². The van der Waals surface area contributed by atoms with Gasteiger partial charge < -0.3 is 10.6 Å². The topological polar surface area (TPSA) is 58.2 Å². The fourth-order valence-electron chi connectivity index (χ4n) is 1.86. The number of thioether (sulfide) groups is 1. The van der Waals surface area contributed by atoms with E-state index in [1.165, 1.54) is 12.1 Å². The molecular weight excluding hydrogens is 402 g/mol. The van der Waals surface area contributed by atoms with Gasteiger partial charge in [0, 0.05) is 14.9 Å². The van der Waals surface area contributed by atoms with Crippen molar-refractivity contribution in [2.45, 2.75) is 10.7 Å². The van der Waals surface area contributed by atoms with Crippen LogP contribution in [0.3, 0.4) is 0 Å². The zero-order valence-electron chi connectivity index (χ0n) is 12.3. The molecule has 2 aromatic carbocycles. The fraction of sp³-hybridized carbons (Fsp3) is 0.125. The summed E-state index contributed by atoms with van der Waals surface area (Å²) in [4.78, 5) is 24.1. The number of rotatable bonds is 6. The Labute approximate surface area is 150 Å². The molecule has 0 aliphatic rings. The van der Waals surface area contributed by atoms with Crippen molar-refractivity contribution in [2.75, 3.05) is 11.9 Å². The zero-order valence-corrected chi connectivity index (χ0v) is 14.7. The van der Waals surface area contributed by atoms with Crippen LogP contribution in [0.2, 0.25) is 0 Å². The lowest BCUT2D eigenvalue weighted by molar-refractivity contribution is -0.115. The molecule has 0 atom stereocenters. The van der Waals surface area contributed by atoms with Crippen LogP contribution in [0, 0.1) is 0 Å². The molecule has 0 spiro atoms. The van der Waals surface area contributed by atoms with Crippen LogP contribution in [0.15, 0.2) is 57.9 Å². The van der Waals surface area contributed by atoms with E-state index in [4.69, 9.17) is 0 Å². The summed E-state index contributed by atoms with van der Waals surface area (Å²) in [5, 5.41) is 5.00. The summed E-state index contributed by atoms with van der Waals surface area (Å²) < 4.78 is 25.8. The highest BCUT2D eigenvalue weighted by molar-refractivity contribution is 9.10. The molecule has 2 aromatic rings. The summed E-state index contributed by atoms with van der Waals surface area (Å²) in [5.74, 6) is -3.48. The maximum absolute atomic E-state index is 12.5. The highest BCUT2D eigenvalue weighted by Gasteiger charge is 2.13. The van der Waals surface area contributed by atoms with Crippen LogP contribution >= 0.6 is 27.7 Å². The van der Waals surface area contributed by atoms with Gasteiger partial charge in [-0.15, -0.1) is 0 Å². The number of halogens is 3. The summed E-state index contributed by atoms with van der Waals surface area (Å²) in [6.07, 6.45) is 0. The lowest BCUT2D eigenvalue weighted by Crippen LogP contribution is -2.32. The summed E-state index contributed by atoms with van der Waals surface area (Å²) in [6.45, 7) is -0.265. The van der Waals surface area contributed by atoms with Crippen molar-refractivity contribution in [3.05, 3.63) is 58.6 Å². The van der Waals surface area contributed by atoms with Crippen LogP contribution in [-0.2, 0) is 4.79 Å². The van der Waals surface area contributed by atoms with Gasteiger partial charge in [-0.3, -0.25) is 9.59 Å². The molecule has 2 rings (SSSR count). The molecule has 0 unspecified atom stereocenters. The number of anilines is 1. The molecule has 0 saturated carbocycles. The minimum absolute atomic E-state index is 0.263. The Morgan fingerprint density at radius 1 is 1.12 bits per heavy atom. The molecular formula is C16H13BrF2N2O2S. The van der Waals surface area contributed by atoms with Gasteiger partial charge in [-0.2, -0.15) is 8.78 Å². The number of hydrogen-bond acceptors (Lipinski definition) is 3. The monoisotopic (exact) mass is 414 g/mol. The molecule has 0 saturated heterocycles. The van der Waals surface area contributed by atoms with Crippen molar-refractivity contribution < 1.29 is 18.4 Å². The third kappa shape index (κ3) is 5.61. The van der Waals surface area contributed by atoms with Crippen molar-refractivity contribution in [3.63, 3.8) is 0 Å². The van der Waals surface area contributed by atoms with Crippen LogP contribution < -0.4 is 10.6 Å². The van der Waals surface area contributed by atoms with Crippen LogP contribution in [0.5, 0.6) is 0 Å². The largest absolute Gasteiger partial charge is 0.343 e. The van der Waals surface area contributed by atoms with E-state index in [1.54, 1.807) is 36.4 Å². The Bertz CT molecular complexity index is 744. The number of nitrogens with one attached hydrogen (secondary N) is 2. The highest BCUT2D eigenvalue weighted by Crippen LogP contribution is 2.31. The maximum atomic E-state index is 12.5. The Hall–Kier alpha value is -1.93. The van der Waals surface area contributed by atoms with Crippen molar-refractivity contribution in [3.8, 4) is 0 Å². The van der Waals surface area contributed by atoms with Gasteiger partial charge >= 0.3 is 0 Å². The third-order valence-corrected chi connectivity index (χ3v) is 4.15. The van der Waals surface area contributed by atoms with Gasteiger partial charge in [0.05, 0.1) is 12.2 Å². The molecule has 0 aliphatic carbocycles. The van der Waals surface area contributed by atoms with E-state index in [1.807, 2.05) is 0 Å². The molecule has 0 fully saturated rings. The molecule has 4 nitrogen and oxygen atoms in total. The Morgan fingerprint density at radius 3 is 2.58 bits per heavy atom. The first-order valence-corrected chi connectivity index (χ1v) is 8.50. The second kappa shape index (κ2) is 8.79. The summed E-state index contributed by atoms with van der Waals surface area (Å²) in [7, 11) is 0. The molecule has 0 bridgehead atoms. The normalized spacial score (nSPS) is 10.5. The molecule has 126 valence electrons. The van der Waals surface area contributed by atoms with Crippen LogP contribution in [0.1, 0.15) is 10.4 Å². The molecule has 0 aromatic heterocycles. The van der Waals surface area contributed by atoms with Crippen LogP contribution in [0.25, 0.3) is 0 Å². The first kappa shape index (κ1) is 18.4. The lowest BCUT2D eigenvalue weighted by atomic mass is 10.2. The van der Waals surface area contributed by atoms with Crippen LogP contribution in [0.4, 0.5) is 14.5 Å². The average molecular weight is 415 g/mol. The Morgan fingerprint density at radius 2 is 1.88 bits per heavy atom. The van der Waals surface area contributed by atoms with Crippen molar-refractivity contribution >= 4 is 45.2 Å². The smallest absolute Gasteiger partial charge is 0.288 e. The minimum atomic E-state index is -2.58. The maximum Gasteiger partial charge on any atom is 0.288 e. The SMILES string of the molecule is O=C(CNC(=O)c1cccc(Br)c1)Nc1ccccc1SC(F)F. The summed E-state index contributed by atoms with van der Waals surface area (Å²) in [5.41, 5.74) is 0.690. The molecule has 0 aliphatic heterocycles. The van der Waals surface area contributed by atoms with Crippen molar-refractivity contribution in [1.82, 2.24) is 5.32 Å². The molecule has 24 heavy (non-hydrogen) atoms. The number of benzene rings is 2. The van der Waals surface area contributed by atoms with E-state index < -0.39 is 17.6 Å². The first-order chi connectivity index (χ1) is 11.5. The van der Waals surface area contributed by atoms with E-state index in [9.17, 15) is 18.4 Å². The van der Waals surface area contributed by atoms with Gasteiger partial charge in [-0.1, -0.05) is 45.9 Å². The van der Waals surface area contributed by atoms with Gasteiger partial charge in [0.1, 0.15) is 0 Å². The highest BCUT2D eigenvalue weighted by atomic mass is 79.9. The number of para-hydroxylation sites is 1. The average Bonchev–Trinajstić information content (AvgIpc) is 2.54.